The van der Waals surface area contributed by atoms with Crippen molar-refractivity contribution in [1.82, 2.24) is 9.55 Å². The van der Waals surface area contributed by atoms with E-state index in [1.165, 1.54) is 11.8 Å². The molecule has 0 atom stereocenters. The van der Waals surface area contributed by atoms with Crippen molar-refractivity contribution in [3.8, 4) is 6.07 Å². The maximum Gasteiger partial charge on any atom is 0.172 e. The average molecular weight is 280 g/mol. The van der Waals surface area contributed by atoms with Crippen molar-refractivity contribution in [2.24, 2.45) is 7.05 Å². The minimum atomic E-state index is -0.0648. The first kappa shape index (κ1) is 13.0. The van der Waals surface area contributed by atoms with E-state index in [0.717, 1.165) is 10.6 Å². The molecule has 0 amide bonds. The van der Waals surface area contributed by atoms with Crippen LogP contribution in [-0.2, 0) is 13.7 Å². The van der Waals surface area contributed by atoms with Crippen LogP contribution in [0.15, 0.2) is 34.4 Å². The molecule has 0 saturated carbocycles. The largest absolute Gasteiger partial charge is 0.390 e. The zero-order chi connectivity index (χ0) is 13.1. The molecule has 4 nitrogen and oxygen atoms in total. The molecular formula is C12H10ClN3OS. The Morgan fingerprint density at radius 1 is 1.56 bits per heavy atom. The highest BCUT2D eigenvalue weighted by molar-refractivity contribution is 7.99. The summed E-state index contributed by atoms with van der Waals surface area (Å²) < 4.78 is 1.78. The van der Waals surface area contributed by atoms with E-state index < -0.39 is 0 Å². The van der Waals surface area contributed by atoms with Gasteiger partial charge in [0.25, 0.3) is 0 Å². The van der Waals surface area contributed by atoms with E-state index in [9.17, 15) is 0 Å². The summed E-state index contributed by atoms with van der Waals surface area (Å²) in [4.78, 5) is 4.95. The molecule has 0 aliphatic heterocycles. The minimum absolute atomic E-state index is 0.0648. The zero-order valence-corrected chi connectivity index (χ0v) is 11.2. The maximum atomic E-state index is 9.10. The van der Waals surface area contributed by atoms with Gasteiger partial charge < -0.3 is 9.67 Å². The number of nitriles is 1. The molecule has 18 heavy (non-hydrogen) atoms. The van der Waals surface area contributed by atoms with Crippen molar-refractivity contribution in [3.63, 3.8) is 0 Å². The Kier molecular flexibility index (Phi) is 3.92. The lowest BCUT2D eigenvalue weighted by atomic mass is 10.2. The number of aliphatic hydroxyl groups excluding tert-OH is 1. The van der Waals surface area contributed by atoms with Gasteiger partial charge in [-0.25, -0.2) is 4.98 Å². The van der Waals surface area contributed by atoms with Gasteiger partial charge in [0.2, 0.25) is 0 Å². The van der Waals surface area contributed by atoms with Crippen LogP contribution in [0.2, 0.25) is 5.02 Å². The zero-order valence-electron chi connectivity index (χ0n) is 9.59. The highest BCUT2D eigenvalue weighted by atomic mass is 35.5. The number of rotatable bonds is 3. The van der Waals surface area contributed by atoms with E-state index >= 15 is 0 Å². The van der Waals surface area contributed by atoms with Crippen molar-refractivity contribution in [3.05, 3.63) is 40.7 Å². The quantitative estimate of drug-likeness (QED) is 0.938. The smallest absolute Gasteiger partial charge is 0.172 e. The third-order valence-corrected chi connectivity index (χ3v) is 3.93. The molecular weight excluding hydrogens is 270 g/mol. The van der Waals surface area contributed by atoms with Gasteiger partial charge in [0.1, 0.15) is 6.07 Å². The fraction of sp³-hybridized carbons (Fsp3) is 0.167. The Labute approximate surface area is 114 Å². The fourth-order valence-corrected chi connectivity index (χ4v) is 2.70. The predicted octanol–water partition coefficient (Wildman–Crippen LogP) is 2.59. The summed E-state index contributed by atoms with van der Waals surface area (Å²) in [5.74, 6) is 0. The summed E-state index contributed by atoms with van der Waals surface area (Å²) in [6.45, 7) is -0.0648. The number of hydrogen-bond donors (Lipinski definition) is 1. The van der Waals surface area contributed by atoms with Crippen molar-refractivity contribution in [2.75, 3.05) is 0 Å². The lowest BCUT2D eigenvalue weighted by Crippen LogP contribution is -1.97. The third-order valence-electron chi connectivity index (χ3n) is 2.49. The van der Waals surface area contributed by atoms with Gasteiger partial charge in [-0.2, -0.15) is 5.26 Å². The molecule has 0 aliphatic rings. The monoisotopic (exact) mass is 279 g/mol. The van der Waals surface area contributed by atoms with Crippen molar-refractivity contribution in [1.29, 1.82) is 5.26 Å². The van der Waals surface area contributed by atoms with Crippen LogP contribution in [0.25, 0.3) is 0 Å². The highest BCUT2D eigenvalue weighted by Gasteiger charge is 2.12. The van der Waals surface area contributed by atoms with Gasteiger partial charge in [-0.1, -0.05) is 29.4 Å². The molecule has 0 spiro atoms. The molecule has 1 N–H and O–H groups in total. The molecule has 0 aliphatic carbocycles. The molecule has 1 heterocycles. The number of aliphatic hydroxyl groups is 1. The van der Waals surface area contributed by atoms with Crippen LogP contribution in [-0.4, -0.2) is 14.7 Å². The summed E-state index contributed by atoms with van der Waals surface area (Å²) in [6, 6.07) is 7.38. The van der Waals surface area contributed by atoms with Gasteiger partial charge in [0, 0.05) is 11.9 Å². The summed E-state index contributed by atoms with van der Waals surface area (Å²) in [7, 11) is 1.82. The van der Waals surface area contributed by atoms with Crippen molar-refractivity contribution < 1.29 is 5.11 Å². The number of benzene rings is 1. The fourth-order valence-electron chi connectivity index (χ4n) is 1.46. The number of halogens is 1. The average Bonchev–Trinajstić information content (AvgIpc) is 2.71. The Morgan fingerprint density at radius 3 is 2.94 bits per heavy atom. The molecule has 2 aromatic rings. The second-order valence-electron chi connectivity index (χ2n) is 3.58. The molecule has 0 bridgehead atoms. The van der Waals surface area contributed by atoms with E-state index in [1.54, 1.807) is 22.9 Å². The molecule has 2 rings (SSSR count). The second kappa shape index (κ2) is 5.44. The predicted molar refractivity (Wildman–Crippen MR) is 69.4 cm³/mol. The van der Waals surface area contributed by atoms with Gasteiger partial charge in [-0.15, -0.1) is 0 Å². The van der Waals surface area contributed by atoms with Gasteiger partial charge in [0.15, 0.2) is 5.16 Å². The number of imidazole rings is 1. The Balaban J connectivity index is 2.38. The molecule has 0 saturated heterocycles. The lowest BCUT2D eigenvalue weighted by molar-refractivity contribution is 0.271. The first-order valence-electron chi connectivity index (χ1n) is 5.15. The lowest BCUT2D eigenvalue weighted by Gasteiger charge is -2.06. The summed E-state index contributed by atoms with van der Waals surface area (Å²) in [5, 5.41) is 19.3. The number of hydrogen-bond acceptors (Lipinski definition) is 4. The van der Waals surface area contributed by atoms with Gasteiger partial charge in [0.05, 0.1) is 29.1 Å². The van der Waals surface area contributed by atoms with Gasteiger partial charge in [-0.3, -0.25) is 0 Å². The summed E-state index contributed by atoms with van der Waals surface area (Å²) in [5.41, 5.74) is 1.16. The van der Waals surface area contributed by atoms with E-state index in [1.807, 2.05) is 13.1 Å². The molecule has 0 radical (unpaired) electrons. The maximum absolute atomic E-state index is 9.10. The topological polar surface area (TPSA) is 61.8 Å². The Bertz CT molecular complexity index is 618. The SMILES string of the molecule is Cn1c(CO)cnc1Sc1cccc(Cl)c1C#N. The first-order valence-corrected chi connectivity index (χ1v) is 6.34. The van der Waals surface area contributed by atoms with Crippen LogP contribution >= 0.6 is 23.4 Å². The molecule has 0 fully saturated rings. The van der Waals surface area contributed by atoms with Crippen molar-refractivity contribution in [2.45, 2.75) is 16.7 Å². The molecule has 6 heteroatoms. The summed E-state index contributed by atoms with van der Waals surface area (Å²) >= 11 is 7.31. The van der Waals surface area contributed by atoms with Crippen LogP contribution in [0.4, 0.5) is 0 Å². The third kappa shape index (κ3) is 2.36. The van der Waals surface area contributed by atoms with Gasteiger partial charge in [-0.05, 0) is 12.1 Å². The van der Waals surface area contributed by atoms with E-state index in [4.69, 9.17) is 22.0 Å². The normalized spacial score (nSPS) is 10.3. The highest BCUT2D eigenvalue weighted by Crippen LogP contribution is 2.32. The number of aromatic nitrogens is 2. The summed E-state index contributed by atoms with van der Waals surface area (Å²) in [6.07, 6.45) is 1.61. The van der Waals surface area contributed by atoms with E-state index in [0.29, 0.717) is 15.7 Å². The molecule has 1 aromatic carbocycles. The molecule has 0 unspecified atom stereocenters. The standard InChI is InChI=1S/C12H10ClN3OS/c1-16-8(7-17)6-15-12(16)18-11-4-2-3-10(13)9(11)5-14/h2-4,6,17H,7H2,1H3. The van der Waals surface area contributed by atoms with Crippen LogP contribution in [0.1, 0.15) is 11.3 Å². The first-order chi connectivity index (χ1) is 8.67. The van der Waals surface area contributed by atoms with E-state index in [-0.39, 0.29) is 6.61 Å². The van der Waals surface area contributed by atoms with Crippen LogP contribution in [0, 0.1) is 11.3 Å². The Morgan fingerprint density at radius 2 is 2.33 bits per heavy atom. The van der Waals surface area contributed by atoms with Gasteiger partial charge >= 0.3 is 0 Å². The van der Waals surface area contributed by atoms with Crippen LogP contribution in [0.5, 0.6) is 0 Å². The molecule has 1 aromatic heterocycles. The Hall–Kier alpha value is -1.48. The van der Waals surface area contributed by atoms with E-state index in [2.05, 4.69) is 11.1 Å². The van der Waals surface area contributed by atoms with Crippen LogP contribution < -0.4 is 0 Å². The van der Waals surface area contributed by atoms with Crippen LogP contribution in [0.3, 0.4) is 0 Å². The molecule has 92 valence electrons. The minimum Gasteiger partial charge on any atom is -0.390 e. The number of nitrogens with zero attached hydrogens (tertiary/aromatic N) is 3. The van der Waals surface area contributed by atoms with Crippen molar-refractivity contribution >= 4 is 23.4 Å². The second-order valence-corrected chi connectivity index (χ2v) is 4.99.